The summed E-state index contributed by atoms with van der Waals surface area (Å²) in [6.45, 7) is 1.42. The molecule has 178 valence electrons. The van der Waals surface area contributed by atoms with Crippen molar-refractivity contribution in [3.05, 3.63) is 78.3 Å². The molecule has 3 rings (SSSR count). The number of carbonyl (C=O) groups excluding carboxylic acids is 3. The quantitative estimate of drug-likeness (QED) is 0.353. The predicted molar refractivity (Wildman–Crippen MR) is 121 cm³/mol. The predicted octanol–water partition coefficient (Wildman–Crippen LogP) is 1.67. The fourth-order valence-corrected chi connectivity index (χ4v) is 3.89. The summed E-state index contributed by atoms with van der Waals surface area (Å²) in [6, 6.07) is 13.7. The Balaban J connectivity index is 1.62. The van der Waals surface area contributed by atoms with Gasteiger partial charge in [0.15, 0.2) is 5.76 Å². The van der Waals surface area contributed by atoms with Crippen LogP contribution < -0.4 is 25.6 Å². The molecule has 0 bridgehead atoms. The van der Waals surface area contributed by atoms with Gasteiger partial charge in [0.1, 0.15) is 11.8 Å². The van der Waals surface area contributed by atoms with E-state index in [1.165, 1.54) is 56.7 Å². The highest BCUT2D eigenvalue weighted by Crippen LogP contribution is 2.26. The van der Waals surface area contributed by atoms with Crippen LogP contribution in [0, 0.1) is 0 Å². The fourth-order valence-electron chi connectivity index (χ4n) is 2.78. The summed E-state index contributed by atoms with van der Waals surface area (Å²) >= 11 is 0. The molecule has 1 aromatic heterocycles. The zero-order chi connectivity index (χ0) is 24.7. The highest BCUT2D eigenvalue weighted by molar-refractivity contribution is 7.92. The van der Waals surface area contributed by atoms with E-state index in [-0.39, 0.29) is 21.9 Å². The van der Waals surface area contributed by atoms with Crippen LogP contribution in [0.2, 0.25) is 0 Å². The lowest BCUT2D eigenvalue weighted by atomic mass is 10.2. The zero-order valence-corrected chi connectivity index (χ0v) is 19.0. The SMILES string of the molecule is COc1ccccc1NS(=O)(=O)c1cccc(C(=O)NNC(=O)[C@@H](C)NC(=O)c2ccco2)c1. The Morgan fingerprint density at radius 3 is 2.41 bits per heavy atom. The fraction of sp³-hybridized carbons (Fsp3) is 0.136. The smallest absolute Gasteiger partial charge is 0.287 e. The van der Waals surface area contributed by atoms with Crippen LogP contribution in [-0.4, -0.2) is 39.3 Å². The average molecular weight is 487 g/mol. The zero-order valence-electron chi connectivity index (χ0n) is 18.2. The topological polar surface area (TPSA) is 156 Å². The van der Waals surface area contributed by atoms with Crippen LogP contribution in [-0.2, 0) is 14.8 Å². The van der Waals surface area contributed by atoms with Gasteiger partial charge in [0.25, 0.3) is 27.7 Å². The third-order valence-corrected chi connectivity index (χ3v) is 5.91. The summed E-state index contributed by atoms with van der Waals surface area (Å²) in [5.74, 6) is -1.69. The minimum atomic E-state index is -4.04. The van der Waals surface area contributed by atoms with E-state index in [1.807, 2.05) is 0 Å². The maximum Gasteiger partial charge on any atom is 0.287 e. The van der Waals surface area contributed by atoms with Crippen molar-refractivity contribution in [1.82, 2.24) is 16.2 Å². The number of sulfonamides is 1. The van der Waals surface area contributed by atoms with Gasteiger partial charge in [-0.1, -0.05) is 18.2 Å². The first-order chi connectivity index (χ1) is 16.2. The van der Waals surface area contributed by atoms with E-state index in [9.17, 15) is 22.8 Å². The first kappa shape index (κ1) is 24.3. The summed E-state index contributed by atoms with van der Waals surface area (Å²) in [5.41, 5.74) is 4.58. The molecule has 2 aromatic carbocycles. The van der Waals surface area contributed by atoms with Gasteiger partial charge in [0.2, 0.25) is 0 Å². The van der Waals surface area contributed by atoms with Gasteiger partial charge in [-0.05, 0) is 49.4 Å². The number of carbonyl (C=O) groups is 3. The van der Waals surface area contributed by atoms with E-state index in [0.717, 1.165) is 6.07 Å². The normalized spacial score (nSPS) is 11.7. The second kappa shape index (κ2) is 10.5. The number of methoxy groups -OCH3 is 1. The molecule has 34 heavy (non-hydrogen) atoms. The van der Waals surface area contributed by atoms with Gasteiger partial charge in [-0.3, -0.25) is 30.0 Å². The highest BCUT2D eigenvalue weighted by Gasteiger charge is 2.20. The Bertz CT molecular complexity index is 1290. The van der Waals surface area contributed by atoms with Gasteiger partial charge in [-0.25, -0.2) is 8.42 Å². The van der Waals surface area contributed by atoms with Crippen LogP contribution in [0.15, 0.2) is 76.2 Å². The van der Waals surface area contributed by atoms with E-state index < -0.39 is 33.8 Å². The van der Waals surface area contributed by atoms with Crippen LogP contribution in [0.5, 0.6) is 5.75 Å². The first-order valence-corrected chi connectivity index (χ1v) is 11.4. The molecule has 3 aromatic rings. The van der Waals surface area contributed by atoms with Crippen molar-refractivity contribution in [3.63, 3.8) is 0 Å². The van der Waals surface area contributed by atoms with Crippen LogP contribution >= 0.6 is 0 Å². The number of anilines is 1. The third-order valence-electron chi connectivity index (χ3n) is 4.54. The van der Waals surface area contributed by atoms with Crippen LogP contribution in [0.25, 0.3) is 0 Å². The van der Waals surface area contributed by atoms with Gasteiger partial charge in [0, 0.05) is 5.56 Å². The van der Waals surface area contributed by atoms with Crippen molar-refractivity contribution >= 4 is 33.4 Å². The van der Waals surface area contributed by atoms with Crippen LogP contribution in [0.4, 0.5) is 5.69 Å². The van der Waals surface area contributed by atoms with Gasteiger partial charge in [-0.15, -0.1) is 0 Å². The van der Waals surface area contributed by atoms with Crippen molar-refractivity contribution < 1.29 is 32.0 Å². The molecule has 0 unspecified atom stereocenters. The first-order valence-electron chi connectivity index (χ1n) is 9.91. The summed E-state index contributed by atoms with van der Waals surface area (Å²) in [4.78, 5) is 36.4. The molecule has 0 fully saturated rings. The Kier molecular flexibility index (Phi) is 7.53. The van der Waals surface area contributed by atoms with E-state index in [1.54, 1.807) is 18.2 Å². The van der Waals surface area contributed by atoms with E-state index in [2.05, 4.69) is 20.9 Å². The summed E-state index contributed by atoms with van der Waals surface area (Å²) in [5, 5.41) is 2.41. The van der Waals surface area contributed by atoms with Crippen LogP contribution in [0.3, 0.4) is 0 Å². The summed E-state index contributed by atoms with van der Waals surface area (Å²) < 4.78 is 38.1. The summed E-state index contributed by atoms with van der Waals surface area (Å²) in [7, 11) is -2.62. The van der Waals surface area contributed by atoms with Crippen molar-refractivity contribution in [2.24, 2.45) is 0 Å². The molecule has 0 aliphatic carbocycles. The number of rotatable bonds is 8. The van der Waals surface area contributed by atoms with E-state index in [0.29, 0.717) is 5.75 Å². The second-order valence-corrected chi connectivity index (χ2v) is 8.63. The number of benzene rings is 2. The molecule has 0 radical (unpaired) electrons. The Morgan fingerprint density at radius 1 is 0.941 bits per heavy atom. The molecular formula is C22H22N4O7S. The molecule has 0 saturated heterocycles. The van der Waals surface area contributed by atoms with Gasteiger partial charge < -0.3 is 14.5 Å². The molecule has 0 aliphatic heterocycles. The number of nitrogens with one attached hydrogen (secondary N) is 4. The average Bonchev–Trinajstić information content (AvgIpc) is 3.37. The molecule has 0 saturated carbocycles. The lowest BCUT2D eigenvalue weighted by molar-refractivity contribution is -0.123. The molecule has 1 heterocycles. The summed E-state index contributed by atoms with van der Waals surface area (Å²) in [6.07, 6.45) is 1.32. The van der Waals surface area contributed by atoms with Crippen molar-refractivity contribution in [2.75, 3.05) is 11.8 Å². The second-order valence-electron chi connectivity index (χ2n) is 6.95. The Hall–Kier alpha value is -4.32. The maximum absolute atomic E-state index is 12.8. The lowest BCUT2D eigenvalue weighted by Gasteiger charge is -2.14. The molecular weight excluding hydrogens is 464 g/mol. The molecule has 1 atom stereocenters. The van der Waals surface area contributed by atoms with Crippen LogP contribution in [0.1, 0.15) is 27.8 Å². The van der Waals surface area contributed by atoms with Gasteiger partial charge >= 0.3 is 0 Å². The number of hydrogen-bond donors (Lipinski definition) is 4. The lowest BCUT2D eigenvalue weighted by Crippen LogP contribution is -2.51. The van der Waals surface area contributed by atoms with E-state index >= 15 is 0 Å². The Morgan fingerprint density at radius 2 is 1.71 bits per heavy atom. The molecule has 3 amide bonds. The molecule has 4 N–H and O–H groups in total. The molecule has 11 nitrogen and oxygen atoms in total. The van der Waals surface area contributed by atoms with Crippen molar-refractivity contribution in [2.45, 2.75) is 17.9 Å². The number of ether oxygens (including phenoxy) is 1. The number of hydrogen-bond acceptors (Lipinski definition) is 7. The van der Waals surface area contributed by atoms with E-state index in [4.69, 9.17) is 9.15 Å². The van der Waals surface area contributed by atoms with Gasteiger partial charge in [0.05, 0.1) is 24.0 Å². The number of amides is 3. The van der Waals surface area contributed by atoms with Crippen molar-refractivity contribution in [3.8, 4) is 5.75 Å². The standard InChI is InChI=1S/C22H22N4O7S/c1-14(23-22(29)19-11-6-12-33-19)20(27)24-25-21(28)15-7-5-8-16(13-15)34(30,31)26-17-9-3-4-10-18(17)32-2/h3-14,26H,1-2H3,(H,23,29)(H,24,27)(H,25,28)/t14-/m1/s1. The van der Waals surface area contributed by atoms with Crippen molar-refractivity contribution in [1.29, 1.82) is 0 Å². The molecule has 12 heteroatoms. The minimum Gasteiger partial charge on any atom is -0.495 e. The molecule has 0 spiro atoms. The molecule has 0 aliphatic rings. The number of furan rings is 1. The Labute approximate surface area is 195 Å². The number of para-hydroxylation sites is 2. The third kappa shape index (κ3) is 5.92. The number of hydrazine groups is 1. The van der Waals surface area contributed by atoms with Gasteiger partial charge in [-0.2, -0.15) is 0 Å². The monoisotopic (exact) mass is 486 g/mol. The maximum atomic E-state index is 12.8. The minimum absolute atomic E-state index is 0.0181. The largest absolute Gasteiger partial charge is 0.495 e. The highest BCUT2D eigenvalue weighted by atomic mass is 32.2.